The highest BCUT2D eigenvalue weighted by Gasteiger charge is 2.37. The van der Waals surface area contributed by atoms with Gasteiger partial charge < -0.3 is 5.32 Å². The highest BCUT2D eigenvalue weighted by Crippen LogP contribution is 2.24. The zero-order valence-corrected chi connectivity index (χ0v) is 16.1. The van der Waals surface area contributed by atoms with Crippen LogP contribution < -0.4 is 5.32 Å². The van der Waals surface area contributed by atoms with Gasteiger partial charge in [-0.05, 0) is 47.1 Å². The van der Waals surface area contributed by atoms with Crippen molar-refractivity contribution in [1.82, 2.24) is 15.1 Å². The Morgan fingerprint density at radius 1 is 1.21 bits per heavy atom. The third-order valence-corrected chi connectivity index (χ3v) is 4.74. The summed E-state index contributed by atoms with van der Waals surface area (Å²) in [6.45, 7) is 16.4. The van der Waals surface area contributed by atoms with Crippen LogP contribution in [0.2, 0.25) is 0 Å². The Morgan fingerprint density at radius 3 is 2.38 bits per heavy atom. The molecular formula is C20H33N3O. The summed E-state index contributed by atoms with van der Waals surface area (Å²) < 4.78 is 0. The molecule has 1 saturated heterocycles. The summed E-state index contributed by atoms with van der Waals surface area (Å²) in [5, 5.41) is 3.10. The lowest BCUT2D eigenvalue weighted by atomic mass is 9.96. The number of carbonyl (C=O) groups is 1. The summed E-state index contributed by atoms with van der Waals surface area (Å²) in [6.07, 6.45) is 0. The molecule has 0 saturated carbocycles. The maximum atomic E-state index is 12.5. The van der Waals surface area contributed by atoms with Crippen LogP contribution in [0.1, 0.15) is 47.1 Å². The molecule has 1 aromatic rings. The minimum absolute atomic E-state index is 0.0460. The number of benzene rings is 1. The van der Waals surface area contributed by atoms with Crippen molar-refractivity contribution in [1.29, 1.82) is 0 Å². The number of nitrogens with one attached hydrogen (secondary N) is 1. The second kappa shape index (κ2) is 7.24. The van der Waals surface area contributed by atoms with E-state index < -0.39 is 0 Å². The molecule has 0 aromatic heterocycles. The second-order valence-electron chi connectivity index (χ2n) is 8.61. The first-order valence-corrected chi connectivity index (χ1v) is 8.93. The topological polar surface area (TPSA) is 35.6 Å². The third kappa shape index (κ3) is 5.05. The maximum Gasteiger partial charge on any atom is 0.237 e. The molecule has 1 fully saturated rings. The van der Waals surface area contributed by atoms with Gasteiger partial charge in [0.25, 0.3) is 0 Å². The Morgan fingerprint density at radius 2 is 1.83 bits per heavy atom. The molecule has 0 spiro atoms. The molecule has 1 atom stereocenters. The molecule has 1 heterocycles. The number of nitrogens with zero attached hydrogens (tertiary/aromatic N) is 2. The number of carbonyl (C=O) groups excluding carboxylic acids is 1. The van der Waals surface area contributed by atoms with E-state index in [0.29, 0.717) is 0 Å². The number of hydrogen-bond donors (Lipinski definition) is 1. The molecule has 0 bridgehead atoms. The van der Waals surface area contributed by atoms with Crippen LogP contribution in [0, 0.1) is 0 Å². The van der Waals surface area contributed by atoms with E-state index in [1.807, 2.05) is 27.7 Å². The van der Waals surface area contributed by atoms with Gasteiger partial charge in [-0.1, -0.05) is 30.3 Å². The van der Waals surface area contributed by atoms with Crippen LogP contribution in [-0.4, -0.2) is 52.5 Å². The average molecular weight is 332 g/mol. The summed E-state index contributed by atoms with van der Waals surface area (Å²) in [4.78, 5) is 17.3. The first-order valence-electron chi connectivity index (χ1n) is 8.93. The summed E-state index contributed by atoms with van der Waals surface area (Å²) in [5.74, 6) is 0.120. The van der Waals surface area contributed by atoms with Gasteiger partial charge in [0.2, 0.25) is 5.91 Å². The van der Waals surface area contributed by atoms with E-state index in [4.69, 9.17) is 0 Å². The Hall–Kier alpha value is -1.39. The van der Waals surface area contributed by atoms with Crippen molar-refractivity contribution in [2.75, 3.05) is 19.6 Å². The number of amides is 1. The third-order valence-electron chi connectivity index (χ3n) is 4.74. The fourth-order valence-electron chi connectivity index (χ4n) is 3.30. The molecule has 1 aliphatic heterocycles. The van der Waals surface area contributed by atoms with Crippen molar-refractivity contribution in [2.45, 2.75) is 65.2 Å². The maximum absolute atomic E-state index is 12.5. The number of rotatable bonds is 4. The smallest absolute Gasteiger partial charge is 0.237 e. The van der Waals surface area contributed by atoms with Crippen molar-refractivity contribution in [3.05, 3.63) is 35.9 Å². The lowest BCUT2D eigenvalue weighted by Crippen LogP contribution is -2.63. The Balaban J connectivity index is 1.98. The van der Waals surface area contributed by atoms with Crippen LogP contribution in [-0.2, 0) is 11.3 Å². The first-order chi connectivity index (χ1) is 11.1. The molecule has 134 valence electrons. The molecule has 24 heavy (non-hydrogen) atoms. The van der Waals surface area contributed by atoms with Gasteiger partial charge in [-0.25, -0.2) is 0 Å². The Labute approximate surface area is 147 Å². The van der Waals surface area contributed by atoms with Crippen LogP contribution in [0.5, 0.6) is 0 Å². The molecule has 0 radical (unpaired) electrons. The molecule has 1 unspecified atom stereocenters. The van der Waals surface area contributed by atoms with Gasteiger partial charge in [-0.2, -0.15) is 0 Å². The fourth-order valence-corrected chi connectivity index (χ4v) is 3.30. The molecule has 1 N–H and O–H groups in total. The quantitative estimate of drug-likeness (QED) is 0.921. The van der Waals surface area contributed by atoms with E-state index in [1.54, 1.807) is 0 Å². The zero-order valence-electron chi connectivity index (χ0n) is 16.1. The summed E-state index contributed by atoms with van der Waals surface area (Å²) >= 11 is 0. The monoisotopic (exact) mass is 331 g/mol. The largest absolute Gasteiger partial charge is 0.350 e. The van der Waals surface area contributed by atoms with E-state index in [2.05, 4.69) is 59.3 Å². The number of hydrogen-bond acceptors (Lipinski definition) is 3. The lowest BCUT2D eigenvalue weighted by Gasteiger charge is -2.48. The predicted octanol–water partition coefficient (Wildman–Crippen LogP) is 2.89. The number of piperazine rings is 1. The average Bonchev–Trinajstić information content (AvgIpc) is 2.47. The van der Waals surface area contributed by atoms with Gasteiger partial charge in [0.15, 0.2) is 0 Å². The van der Waals surface area contributed by atoms with Crippen molar-refractivity contribution in [3.8, 4) is 0 Å². The lowest BCUT2D eigenvalue weighted by molar-refractivity contribution is -0.129. The van der Waals surface area contributed by atoms with E-state index in [1.165, 1.54) is 5.56 Å². The Bertz CT molecular complexity index is 548. The SMILES string of the molecule is CC(C(=O)NC(C)(C)C)N1CCN(Cc2ccccc2)C(C)(C)C1. The zero-order chi connectivity index (χ0) is 18.0. The molecular weight excluding hydrogens is 298 g/mol. The van der Waals surface area contributed by atoms with E-state index in [9.17, 15) is 4.79 Å². The van der Waals surface area contributed by atoms with Gasteiger partial charge in [-0.3, -0.25) is 14.6 Å². The minimum Gasteiger partial charge on any atom is -0.350 e. The summed E-state index contributed by atoms with van der Waals surface area (Å²) in [5.41, 5.74) is 1.21. The van der Waals surface area contributed by atoms with E-state index in [0.717, 1.165) is 26.2 Å². The fraction of sp³-hybridized carbons (Fsp3) is 0.650. The van der Waals surface area contributed by atoms with Gasteiger partial charge in [0.1, 0.15) is 0 Å². The van der Waals surface area contributed by atoms with Crippen molar-refractivity contribution in [2.24, 2.45) is 0 Å². The molecule has 4 nitrogen and oxygen atoms in total. The standard InChI is InChI=1S/C20H33N3O/c1-16(18(24)21-19(2,3)4)22-12-13-23(20(5,6)15-22)14-17-10-8-7-9-11-17/h7-11,16H,12-15H2,1-6H3,(H,21,24). The summed E-state index contributed by atoms with van der Waals surface area (Å²) in [7, 11) is 0. The van der Waals surface area contributed by atoms with Crippen molar-refractivity contribution in [3.63, 3.8) is 0 Å². The van der Waals surface area contributed by atoms with Crippen molar-refractivity contribution < 1.29 is 4.79 Å². The van der Waals surface area contributed by atoms with E-state index in [-0.39, 0.29) is 23.0 Å². The predicted molar refractivity (Wildman–Crippen MR) is 99.9 cm³/mol. The molecule has 2 rings (SSSR count). The van der Waals surface area contributed by atoms with Gasteiger partial charge in [0, 0.05) is 37.3 Å². The highest BCUT2D eigenvalue weighted by atomic mass is 16.2. The highest BCUT2D eigenvalue weighted by molar-refractivity contribution is 5.82. The van der Waals surface area contributed by atoms with E-state index >= 15 is 0 Å². The first kappa shape index (κ1) is 18.9. The second-order valence-corrected chi connectivity index (χ2v) is 8.61. The van der Waals surface area contributed by atoms with Crippen LogP contribution in [0.3, 0.4) is 0 Å². The Kier molecular flexibility index (Phi) is 5.71. The molecule has 1 amide bonds. The van der Waals surface area contributed by atoms with Gasteiger partial charge >= 0.3 is 0 Å². The van der Waals surface area contributed by atoms with Crippen LogP contribution in [0.25, 0.3) is 0 Å². The molecule has 1 aromatic carbocycles. The van der Waals surface area contributed by atoms with Gasteiger partial charge in [0.05, 0.1) is 6.04 Å². The van der Waals surface area contributed by atoms with Crippen LogP contribution in [0.15, 0.2) is 30.3 Å². The molecule has 1 aliphatic rings. The van der Waals surface area contributed by atoms with Crippen LogP contribution in [0.4, 0.5) is 0 Å². The molecule has 4 heteroatoms. The van der Waals surface area contributed by atoms with Crippen LogP contribution >= 0.6 is 0 Å². The normalized spacial score (nSPS) is 20.6. The van der Waals surface area contributed by atoms with Crippen molar-refractivity contribution >= 4 is 5.91 Å². The minimum atomic E-state index is -0.185. The summed E-state index contributed by atoms with van der Waals surface area (Å²) in [6, 6.07) is 10.5. The molecule has 0 aliphatic carbocycles. The van der Waals surface area contributed by atoms with Gasteiger partial charge in [-0.15, -0.1) is 0 Å².